The summed E-state index contributed by atoms with van der Waals surface area (Å²) < 4.78 is 59.1. The Balaban J connectivity index is 0.000000309. The van der Waals surface area contributed by atoms with Crippen LogP contribution < -0.4 is 10.0 Å². The number of rotatable bonds is 6. The zero-order valence-electron chi connectivity index (χ0n) is 29.5. The molecule has 2 aliphatic rings. The molecule has 2 unspecified atom stereocenters. The van der Waals surface area contributed by atoms with Gasteiger partial charge in [0.1, 0.15) is 17.9 Å². The maximum Gasteiger partial charge on any atom is 0.416 e. The van der Waals surface area contributed by atoms with Crippen LogP contribution >= 0.6 is 12.8 Å². The monoisotopic (exact) mass is 733 g/mol. The highest BCUT2D eigenvalue weighted by Gasteiger charge is 2.38. The van der Waals surface area contributed by atoms with E-state index in [1.165, 1.54) is 23.0 Å². The maximum atomic E-state index is 12.8. The number of ether oxygens (including phenoxy) is 1. The van der Waals surface area contributed by atoms with Crippen molar-refractivity contribution in [2.45, 2.75) is 44.8 Å². The average Bonchev–Trinajstić information content (AvgIpc) is 3.42. The molecule has 2 fully saturated rings. The summed E-state index contributed by atoms with van der Waals surface area (Å²) >= 11 is 3.54. The number of aromatic nitrogens is 2. The van der Waals surface area contributed by atoms with Gasteiger partial charge in [0.25, 0.3) is 0 Å². The summed E-state index contributed by atoms with van der Waals surface area (Å²) in [6.07, 6.45) is -1.05. The molecule has 9 nitrogen and oxygen atoms in total. The summed E-state index contributed by atoms with van der Waals surface area (Å²) in [4.78, 5) is 29.2. The van der Waals surface area contributed by atoms with Gasteiger partial charge in [-0.2, -0.15) is 13.2 Å². The Morgan fingerprint density at radius 1 is 0.980 bits per heavy atom. The second-order valence-electron chi connectivity index (χ2n) is 12.3. The Morgan fingerprint density at radius 2 is 1.61 bits per heavy atom. The molecule has 51 heavy (non-hydrogen) atoms. The second kappa shape index (κ2) is 19.7. The van der Waals surface area contributed by atoms with Crippen LogP contribution in [-0.2, 0) is 27.5 Å². The van der Waals surface area contributed by atoms with Gasteiger partial charge in [0.05, 0.1) is 35.5 Å². The van der Waals surface area contributed by atoms with Crippen LogP contribution in [0, 0.1) is 24.6 Å². The van der Waals surface area contributed by atoms with Crippen LogP contribution in [-0.4, -0.2) is 78.8 Å². The van der Waals surface area contributed by atoms with Crippen molar-refractivity contribution in [2.24, 2.45) is 18.9 Å². The SMILES string of the molecule is CNS.CO.Cc1nc2cc(-c3ccc([C@@H]4CC(N5CCOCC5)C[C@H](C)C4C=O)cc3)ccc2n1C.O=CNc1ccc(C(F)(F)F)cc1F. The molecule has 1 aromatic heterocycles. The molecule has 0 radical (unpaired) electrons. The Kier molecular flexibility index (Phi) is 16.1. The molecule has 1 saturated carbocycles. The highest BCUT2D eigenvalue weighted by Crippen LogP contribution is 2.42. The van der Waals surface area contributed by atoms with Gasteiger partial charge in [-0.15, -0.1) is 0 Å². The van der Waals surface area contributed by atoms with Gasteiger partial charge in [0.15, 0.2) is 0 Å². The fourth-order valence-electron chi connectivity index (χ4n) is 6.65. The molecule has 0 bridgehead atoms. The molecule has 6 rings (SSSR count). The second-order valence-corrected chi connectivity index (χ2v) is 12.7. The lowest BCUT2D eigenvalue weighted by Gasteiger charge is -2.44. The van der Waals surface area contributed by atoms with Crippen molar-refractivity contribution in [1.82, 2.24) is 19.2 Å². The van der Waals surface area contributed by atoms with E-state index in [0.29, 0.717) is 24.1 Å². The smallest absolute Gasteiger partial charge is 0.400 e. The molecule has 4 aromatic rings. The molecule has 1 amide bonds. The first-order chi connectivity index (χ1) is 24.4. The number of fused-ring (bicyclic) bond motifs is 1. The van der Waals surface area contributed by atoms with Gasteiger partial charge in [-0.3, -0.25) is 14.4 Å². The number of alkyl halides is 3. The number of nitrogens with one attached hydrogen (secondary N) is 2. The van der Waals surface area contributed by atoms with Crippen molar-refractivity contribution in [1.29, 1.82) is 0 Å². The van der Waals surface area contributed by atoms with Gasteiger partial charge in [-0.25, -0.2) is 9.37 Å². The number of benzene rings is 3. The van der Waals surface area contributed by atoms with Gasteiger partial charge in [0, 0.05) is 39.2 Å². The van der Waals surface area contributed by atoms with Gasteiger partial charge >= 0.3 is 6.18 Å². The van der Waals surface area contributed by atoms with Gasteiger partial charge in [-0.05, 0) is 85.7 Å². The summed E-state index contributed by atoms with van der Waals surface area (Å²) in [7, 11) is 4.79. The number of carbonyl (C=O) groups is 2. The normalized spacial score (nSPS) is 20.5. The molecule has 1 saturated heterocycles. The third-order valence-corrected chi connectivity index (χ3v) is 9.30. The number of aryl methyl sites for hydroxylation is 2. The highest BCUT2D eigenvalue weighted by atomic mass is 32.1. The number of aliphatic hydroxyl groups excluding tert-OH is 1. The van der Waals surface area contributed by atoms with Crippen LogP contribution in [0.15, 0.2) is 60.7 Å². The van der Waals surface area contributed by atoms with Crippen LogP contribution in [0.4, 0.5) is 23.2 Å². The summed E-state index contributed by atoms with van der Waals surface area (Å²) in [6.45, 7) is 7.93. The Morgan fingerprint density at radius 3 is 2.18 bits per heavy atom. The van der Waals surface area contributed by atoms with E-state index in [0.717, 1.165) is 69.2 Å². The third-order valence-electron chi connectivity index (χ3n) is 9.30. The molecule has 2 heterocycles. The van der Waals surface area contributed by atoms with Gasteiger partial charge in [0.2, 0.25) is 6.41 Å². The zero-order chi connectivity index (χ0) is 37.7. The fourth-order valence-corrected chi connectivity index (χ4v) is 6.65. The lowest BCUT2D eigenvalue weighted by molar-refractivity contribution is -0.137. The van der Waals surface area contributed by atoms with Crippen LogP contribution in [0.5, 0.6) is 0 Å². The number of carbonyl (C=O) groups excluding carboxylic acids is 2. The topological polar surface area (TPSA) is 109 Å². The predicted molar refractivity (Wildman–Crippen MR) is 195 cm³/mol. The minimum absolute atomic E-state index is 0.0889. The number of amides is 1. The van der Waals surface area contributed by atoms with E-state index in [-0.39, 0.29) is 23.9 Å². The molecule has 278 valence electrons. The molecule has 1 aliphatic carbocycles. The van der Waals surface area contributed by atoms with E-state index >= 15 is 0 Å². The molecule has 0 spiro atoms. The zero-order valence-corrected chi connectivity index (χ0v) is 30.3. The Hall–Kier alpha value is -3.82. The lowest BCUT2D eigenvalue weighted by atomic mass is 9.68. The van der Waals surface area contributed by atoms with Crippen molar-refractivity contribution in [3.63, 3.8) is 0 Å². The molecule has 3 aromatic carbocycles. The Bertz CT molecular complexity index is 1700. The minimum atomic E-state index is -4.58. The number of nitrogens with zero attached hydrogens (tertiary/aromatic N) is 3. The van der Waals surface area contributed by atoms with E-state index in [9.17, 15) is 27.2 Å². The van der Waals surface area contributed by atoms with Crippen molar-refractivity contribution in [3.05, 3.63) is 83.4 Å². The van der Waals surface area contributed by atoms with E-state index in [1.807, 2.05) is 12.2 Å². The van der Waals surface area contributed by atoms with Crippen molar-refractivity contribution < 1.29 is 37.0 Å². The molecule has 3 N–H and O–H groups in total. The first-order valence-corrected chi connectivity index (χ1v) is 17.0. The summed E-state index contributed by atoms with van der Waals surface area (Å²) in [5.74, 6) is 0.666. The maximum absolute atomic E-state index is 12.8. The van der Waals surface area contributed by atoms with E-state index in [1.54, 1.807) is 7.05 Å². The van der Waals surface area contributed by atoms with Crippen molar-refractivity contribution in [2.75, 3.05) is 45.8 Å². The summed E-state index contributed by atoms with van der Waals surface area (Å²) in [5, 5.41) is 8.93. The molecular formula is C37H47F4N5O4S. The quantitative estimate of drug-likeness (QED) is 0.0999. The number of aliphatic hydroxyl groups is 1. The summed E-state index contributed by atoms with van der Waals surface area (Å²) in [6, 6.07) is 17.8. The lowest BCUT2D eigenvalue weighted by Crippen LogP contribution is -2.48. The van der Waals surface area contributed by atoms with E-state index < -0.39 is 17.6 Å². The first kappa shape index (κ1) is 41.6. The van der Waals surface area contributed by atoms with Crippen molar-refractivity contribution >= 4 is 42.2 Å². The summed E-state index contributed by atoms with van der Waals surface area (Å²) in [5.41, 5.74) is 4.46. The van der Waals surface area contributed by atoms with E-state index in [2.05, 4.69) is 88.4 Å². The fraction of sp³-hybridized carbons (Fsp3) is 0.432. The number of aldehydes is 1. The van der Waals surface area contributed by atoms with Crippen LogP contribution in [0.1, 0.15) is 42.6 Å². The molecule has 1 aliphatic heterocycles. The predicted octanol–water partition coefficient (Wildman–Crippen LogP) is 6.65. The number of imidazole rings is 1. The average molecular weight is 734 g/mol. The Labute approximate surface area is 301 Å². The number of hydrogen-bond donors (Lipinski definition) is 4. The number of halogens is 4. The highest BCUT2D eigenvalue weighted by molar-refractivity contribution is 7.78. The van der Waals surface area contributed by atoms with Crippen LogP contribution in [0.2, 0.25) is 0 Å². The molecule has 4 atom stereocenters. The molecule has 14 heteroatoms. The van der Waals surface area contributed by atoms with Gasteiger partial charge in [-0.1, -0.05) is 50.1 Å². The van der Waals surface area contributed by atoms with E-state index in [4.69, 9.17) is 9.84 Å². The standard InChI is InChI=1S/C27H33N3O2.C8H5F4NO.CH5NS.CH4O/c1-18-14-23(30-10-12-32-13-11-30)16-24(25(18)17-31)21-6-4-20(5-7-21)22-8-9-27-26(15-22)28-19(2)29(27)3;9-6-3-5(8(10,11)12)1-2-7(6)13-4-14;1-2-3;1-2/h4-9,15,17-18,23-25H,10-14,16H2,1-3H3;1-4H,(H,13,14);2-3H,1H3;2H,1H3/t18-,23?,24-,25?;;;/m0.../s1. The van der Waals surface area contributed by atoms with Crippen molar-refractivity contribution in [3.8, 4) is 11.1 Å². The number of anilines is 1. The first-order valence-electron chi connectivity index (χ1n) is 16.5. The molecular weight excluding hydrogens is 686 g/mol. The van der Waals surface area contributed by atoms with Gasteiger partial charge < -0.3 is 24.5 Å². The number of morpholine rings is 1. The largest absolute Gasteiger partial charge is 0.416 e. The third kappa shape index (κ3) is 10.8. The van der Waals surface area contributed by atoms with Crippen LogP contribution in [0.25, 0.3) is 22.2 Å². The number of hydrogen-bond acceptors (Lipinski definition) is 8. The van der Waals surface area contributed by atoms with Crippen LogP contribution in [0.3, 0.4) is 0 Å². The minimum Gasteiger partial charge on any atom is -0.400 e. The number of thiol groups is 1.